The van der Waals surface area contributed by atoms with Crippen LogP contribution in [0.1, 0.15) is 68.9 Å². The zero-order chi connectivity index (χ0) is 24.3. The second-order valence-electron chi connectivity index (χ2n) is 11.9. The minimum Gasteiger partial charge on any atom is -0.507 e. The number of aliphatic imine (C=N–C) groups is 1. The fourth-order valence-electron chi connectivity index (χ4n) is 8.09. The lowest BCUT2D eigenvalue weighted by molar-refractivity contribution is -0.113. The van der Waals surface area contributed by atoms with Crippen LogP contribution in [0.4, 0.5) is 0 Å². The first kappa shape index (κ1) is 22.7. The van der Waals surface area contributed by atoms with Crippen molar-refractivity contribution in [3.63, 3.8) is 0 Å². The van der Waals surface area contributed by atoms with E-state index in [2.05, 4.69) is 34.2 Å². The van der Waals surface area contributed by atoms with E-state index in [1.54, 1.807) is 0 Å². The summed E-state index contributed by atoms with van der Waals surface area (Å²) in [7, 11) is 0. The van der Waals surface area contributed by atoms with Crippen LogP contribution in [-0.2, 0) is 10.2 Å². The molecule has 2 aliphatic heterocycles. The Morgan fingerprint density at radius 2 is 1.58 bits per heavy atom. The molecule has 1 N–H and O–H groups in total. The number of amidine groups is 1. The van der Waals surface area contributed by atoms with Crippen LogP contribution in [-0.4, -0.2) is 34.2 Å². The SMILES string of the molecule is O=C1N=C(N2CCCCC2)SC1=Cc1ccc(-c2cc(C34CC5CC(CC(C5)C3)C4)ccc2O)cc1. The lowest BCUT2D eigenvalue weighted by atomic mass is 9.48. The van der Waals surface area contributed by atoms with Crippen LogP contribution >= 0.6 is 11.8 Å². The molecule has 5 fully saturated rings. The summed E-state index contributed by atoms with van der Waals surface area (Å²) in [5.74, 6) is 2.91. The summed E-state index contributed by atoms with van der Waals surface area (Å²) >= 11 is 1.50. The number of phenols is 1. The minimum absolute atomic E-state index is 0.134. The first-order valence-corrected chi connectivity index (χ1v) is 14.6. The average Bonchev–Trinajstić information content (AvgIpc) is 3.24. The molecule has 4 saturated carbocycles. The Morgan fingerprint density at radius 3 is 2.25 bits per heavy atom. The van der Waals surface area contributed by atoms with Crippen molar-refractivity contribution in [3.05, 3.63) is 58.5 Å². The molecule has 8 rings (SSSR count). The van der Waals surface area contributed by atoms with Gasteiger partial charge in [0.15, 0.2) is 5.17 Å². The van der Waals surface area contributed by atoms with Crippen molar-refractivity contribution in [2.24, 2.45) is 22.7 Å². The van der Waals surface area contributed by atoms with Crippen molar-refractivity contribution in [3.8, 4) is 16.9 Å². The molecule has 4 bridgehead atoms. The molecule has 2 heterocycles. The highest BCUT2D eigenvalue weighted by Crippen LogP contribution is 2.61. The minimum atomic E-state index is -0.134. The van der Waals surface area contributed by atoms with Crippen molar-refractivity contribution < 1.29 is 9.90 Å². The number of rotatable bonds is 3. The highest BCUT2D eigenvalue weighted by atomic mass is 32.2. The number of piperidine rings is 1. The molecule has 1 amide bonds. The van der Waals surface area contributed by atoms with Crippen LogP contribution in [0.25, 0.3) is 17.2 Å². The van der Waals surface area contributed by atoms with Gasteiger partial charge in [-0.1, -0.05) is 30.3 Å². The Balaban J connectivity index is 1.12. The summed E-state index contributed by atoms with van der Waals surface area (Å²) in [5.41, 5.74) is 4.67. The molecule has 0 spiro atoms. The molecule has 0 atom stereocenters. The van der Waals surface area contributed by atoms with E-state index in [1.807, 2.05) is 24.3 Å². The summed E-state index contributed by atoms with van der Waals surface area (Å²) in [6.45, 7) is 1.99. The number of carbonyl (C=O) groups excluding carboxylic acids is 1. The number of hydrogen-bond acceptors (Lipinski definition) is 4. The Hall–Kier alpha value is -2.53. The summed E-state index contributed by atoms with van der Waals surface area (Å²) in [6, 6.07) is 14.6. The van der Waals surface area contributed by atoms with E-state index >= 15 is 0 Å². The molecular formula is C31H34N2O2S. The van der Waals surface area contributed by atoms with Crippen molar-refractivity contribution in [1.82, 2.24) is 4.90 Å². The number of amides is 1. The van der Waals surface area contributed by atoms with Gasteiger partial charge in [0.1, 0.15) is 5.75 Å². The lowest BCUT2D eigenvalue weighted by Gasteiger charge is -2.57. The normalized spacial score (nSPS) is 32.4. The quantitative estimate of drug-likeness (QED) is 0.464. The summed E-state index contributed by atoms with van der Waals surface area (Å²) in [4.78, 5) is 19.8. The van der Waals surface area contributed by atoms with Gasteiger partial charge < -0.3 is 10.0 Å². The van der Waals surface area contributed by atoms with E-state index in [1.165, 1.54) is 75.1 Å². The van der Waals surface area contributed by atoms with Gasteiger partial charge in [0, 0.05) is 18.7 Å². The number of carbonyl (C=O) groups is 1. The van der Waals surface area contributed by atoms with E-state index in [0.717, 1.165) is 52.7 Å². The van der Waals surface area contributed by atoms with Crippen molar-refractivity contribution in [2.75, 3.05) is 13.1 Å². The van der Waals surface area contributed by atoms with Crippen LogP contribution in [0.15, 0.2) is 52.4 Å². The van der Waals surface area contributed by atoms with Gasteiger partial charge in [-0.15, -0.1) is 0 Å². The van der Waals surface area contributed by atoms with Gasteiger partial charge in [-0.2, -0.15) is 4.99 Å². The highest BCUT2D eigenvalue weighted by Gasteiger charge is 2.51. The molecule has 2 aromatic rings. The third-order valence-electron chi connectivity index (χ3n) is 9.40. The van der Waals surface area contributed by atoms with Gasteiger partial charge in [0.05, 0.1) is 4.91 Å². The van der Waals surface area contributed by atoms with Gasteiger partial charge in [-0.05, 0) is 128 Å². The molecule has 5 heteroatoms. The number of likely N-dealkylation sites (tertiary alicyclic amines) is 1. The van der Waals surface area contributed by atoms with E-state index in [-0.39, 0.29) is 5.91 Å². The topological polar surface area (TPSA) is 52.9 Å². The van der Waals surface area contributed by atoms with Crippen LogP contribution < -0.4 is 0 Å². The maximum absolute atomic E-state index is 12.5. The number of nitrogens with zero attached hydrogens (tertiary/aromatic N) is 2. The number of benzene rings is 2. The van der Waals surface area contributed by atoms with Crippen molar-refractivity contribution >= 4 is 28.9 Å². The molecule has 4 aliphatic carbocycles. The summed E-state index contributed by atoms with van der Waals surface area (Å²) < 4.78 is 0. The maximum Gasteiger partial charge on any atom is 0.286 e. The van der Waals surface area contributed by atoms with Gasteiger partial charge in [-0.25, -0.2) is 0 Å². The summed E-state index contributed by atoms with van der Waals surface area (Å²) in [6.07, 6.45) is 13.8. The second-order valence-corrected chi connectivity index (χ2v) is 12.9. The largest absolute Gasteiger partial charge is 0.507 e. The number of phenolic OH excluding ortho intramolecular Hbond substituents is 1. The predicted octanol–water partition coefficient (Wildman–Crippen LogP) is 6.98. The number of thioether (sulfide) groups is 1. The smallest absolute Gasteiger partial charge is 0.286 e. The first-order valence-electron chi connectivity index (χ1n) is 13.8. The van der Waals surface area contributed by atoms with E-state index < -0.39 is 0 Å². The Labute approximate surface area is 217 Å². The Kier molecular flexibility index (Phi) is 5.53. The van der Waals surface area contributed by atoms with Gasteiger partial charge in [0.25, 0.3) is 5.91 Å². The van der Waals surface area contributed by atoms with E-state index in [9.17, 15) is 9.90 Å². The molecule has 0 radical (unpaired) electrons. The van der Waals surface area contributed by atoms with E-state index in [4.69, 9.17) is 0 Å². The predicted molar refractivity (Wildman–Crippen MR) is 147 cm³/mol. The monoisotopic (exact) mass is 498 g/mol. The molecular weight excluding hydrogens is 464 g/mol. The van der Waals surface area contributed by atoms with Crippen LogP contribution in [0, 0.1) is 17.8 Å². The molecule has 186 valence electrons. The Morgan fingerprint density at radius 1 is 0.917 bits per heavy atom. The molecule has 2 aromatic carbocycles. The molecule has 1 saturated heterocycles. The number of aromatic hydroxyl groups is 1. The second kappa shape index (κ2) is 8.79. The fraction of sp³-hybridized carbons (Fsp3) is 0.484. The van der Waals surface area contributed by atoms with Crippen LogP contribution in [0.3, 0.4) is 0 Å². The maximum atomic E-state index is 12.5. The molecule has 0 unspecified atom stereocenters. The number of hydrogen-bond donors (Lipinski definition) is 1. The molecule has 0 aromatic heterocycles. The van der Waals surface area contributed by atoms with Gasteiger partial charge >= 0.3 is 0 Å². The van der Waals surface area contributed by atoms with Crippen molar-refractivity contribution in [2.45, 2.75) is 63.2 Å². The molecule has 6 aliphatic rings. The van der Waals surface area contributed by atoms with Gasteiger partial charge in [-0.3, -0.25) is 4.79 Å². The zero-order valence-corrected chi connectivity index (χ0v) is 21.6. The van der Waals surface area contributed by atoms with Crippen LogP contribution in [0.5, 0.6) is 5.75 Å². The summed E-state index contributed by atoms with van der Waals surface area (Å²) in [5, 5.41) is 11.6. The molecule has 4 nitrogen and oxygen atoms in total. The fourth-order valence-corrected chi connectivity index (χ4v) is 9.05. The van der Waals surface area contributed by atoms with Crippen molar-refractivity contribution in [1.29, 1.82) is 0 Å². The third kappa shape index (κ3) is 4.00. The van der Waals surface area contributed by atoms with E-state index in [0.29, 0.717) is 16.1 Å². The Bertz CT molecular complexity index is 1220. The standard InChI is InChI=1S/C31H34N2O2S/c34-27-9-8-25(31-17-21-12-22(18-31)14-23(13-21)19-31)16-26(27)24-6-4-20(5-7-24)15-28-29(35)32-30(36-28)33-10-2-1-3-11-33/h4-9,15-16,21-23,34H,1-3,10-14,17-19H2. The first-order chi connectivity index (χ1) is 17.5. The average molecular weight is 499 g/mol. The third-order valence-corrected chi connectivity index (χ3v) is 10.4. The van der Waals surface area contributed by atoms with Crippen LogP contribution in [0.2, 0.25) is 0 Å². The zero-order valence-electron chi connectivity index (χ0n) is 20.8. The van der Waals surface area contributed by atoms with Gasteiger partial charge in [0.2, 0.25) is 0 Å². The molecule has 36 heavy (non-hydrogen) atoms. The highest BCUT2D eigenvalue weighted by molar-refractivity contribution is 8.18. The lowest BCUT2D eigenvalue weighted by Crippen LogP contribution is -2.48.